The van der Waals surface area contributed by atoms with Crippen molar-refractivity contribution in [3.8, 4) is 0 Å². The molecule has 4 rings (SSSR count). The number of furan rings is 1. The molecule has 0 radical (unpaired) electrons. The van der Waals surface area contributed by atoms with Gasteiger partial charge in [0.2, 0.25) is 0 Å². The van der Waals surface area contributed by atoms with E-state index in [1.165, 1.54) is 11.1 Å². The predicted octanol–water partition coefficient (Wildman–Crippen LogP) is 6.20. The standard InChI is InChI=1S/C27H31BrN2O2/c1-19-23(18-24(32-19)27(2,3)4)26(31)30-16-14-29(15-17-30)25(20-8-6-5-7-9-20)21-10-12-22(28)13-11-21/h5-13,18,25H,14-17H2,1-4H3. The van der Waals surface area contributed by atoms with Crippen molar-refractivity contribution in [2.45, 2.75) is 39.2 Å². The van der Waals surface area contributed by atoms with Gasteiger partial charge in [-0.15, -0.1) is 0 Å². The minimum absolute atomic E-state index is 0.0707. The summed E-state index contributed by atoms with van der Waals surface area (Å²) in [7, 11) is 0. The smallest absolute Gasteiger partial charge is 0.257 e. The van der Waals surface area contributed by atoms with Crippen LogP contribution in [0.5, 0.6) is 0 Å². The highest BCUT2D eigenvalue weighted by atomic mass is 79.9. The molecule has 1 amide bonds. The van der Waals surface area contributed by atoms with Crippen LogP contribution in [0.3, 0.4) is 0 Å². The van der Waals surface area contributed by atoms with Gasteiger partial charge in [0.15, 0.2) is 0 Å². The molecule has 2 aromatic carbocycles. The predicted molar refractivity (Wildman–Crippen MR) is 132 cm³/mol. The molecule has 3 aromatic rings. The Morgan fingerprint density at radius 2 is 1.53 bits per heavy atom. The maximum Gasteiger partial charge on any atom is 0.257 e. The Kier molecular flexibility index (Phi) is 6.59. The highest BCUT2D eigenvalue weighted by molar-refractivity contribution is 9.10. The third-order valence-electron chi connectivity index (χ3n) is 6.16. The molecule has 0 spiro atoms. The molecule has 1 aliphatic heterocycles. The molecule has 1 aliphatic rings. The summed E-state index contributed by atoms with van der Waals surface area (Å²) in [5.74, 6) is 1.64. The van der Waals surface area contributed by atoms with Crippen LogP contribution in [0.1, 0.15) is 59.8 Å². The van der Waals surface area contributed by atoms with Crippen LogP contribution >= 0.6 is 15.9 Å². The molecule has 0 bridgehead atoms. The van der Waals surface area contributed by atoms with E-state index < -0.39 is 0 Å². The van der Waals surface area contributed by atoms with Crippen LogP contribution in [-0.2, 0) is 5.41 Å². The van der Waals surface area contributed by atoms with Crippen molar-refractivity contribution in [2.75, 3.05) is 26.2 Å². The number of piperazine rings is 1. The van der Waals surface area contributed by atoms with Crippen molar-refractivity contribution in [3.05, 3.63) is 93.3 Å². The summed E-state index contributed by atoms with van der Waals surface area (Å²) in [6.45, 7) is 11.2. The van der Waals surface area contributed by atoms with Gasteiger partial charge in [-0.3, -0.25) is 9.69 Å². The van der Waals surface area contributed by atoms with Crippen LogP contribution in [-0.4, -0.2) is 41.9 Å². The fourth-order valence-electron chi connectivity index (χ4n) is 4.31. The van der Waals surface area contributed by atoms with Crippen molar-refractivity contribution in [3.63, 3.8) is 0 Å². The number of hydrogen-bond acceptors (Lipinski definition) is 3. The quantitative estimate of drug-likeness (QED) is 0.433. The summed E-state index contributed by atoms with van der Waals surface area (Å²) < 4.78 is 6.99. The van der Waals surface area contributed by atoms with E-state index in [0.717, 1.165) is 23.3 Å². The molecule has 0 aliphatic carbocycles. The first kappa shape index (κ1) is 22.8. The lowest BCUT2D eigenvalue weighted by Gasteiger charge is -2.39. The molecule has 168 valence electrons. The first-order chi connectivity index (χ1) is 15.2. The number of halogens is 1. The monoisotopic (exact) mass is 494 g/mol. The van der Waals surface area contributed by atoms with Crippen LogP contribution < -0.4 is 0 Å². The summed E-state index contributed by atoms with van der Waals surface area (Å²) in [4.78, 5) is 17.7. The fourth-order valence-corrected chi connectivity index (χ4v) is 4.58. The van der Waals surface area contributed by atoms with Gasteiger partial charge in [0.1, 0.15) is 11.5 Å². The lowest BCUT2D eigenvalue weighted by atomic mass is 9.93. The van der Waals surface area contributed by atoms with Crippen LogP contribution in [0.2, 0.25) is 0 Å². The SMILES string of the molecule is Cc1oc(C(C)(C)C)cc1C(=O)N1CCN(C(c2ccccc2)c2ccc(Br)cc2)CC1. The number of hydrogen-bond donors (Lipinski definition) is 0. The van der Waals surface area contributed by atoms with Crippen LogP contribution in [0.25, 0.3) is 0 Å². The van der Waals surface area contributed by atoms with Gasteiger partial charge in [0.25, 0.3) is 5.91 Å². The molecule has 4 nitrogen and oxygen atoms in total. The lowest BCUT2D eigenvalue weighted by Crippen LogP contribution is -2.49. The van der Waals surface area contributed by atoms with E-state index in [9.17, 15) is 4.79 Å². The fraction of sp³-hybridized carbons (Fsp3) is 0.370. The molecular formula is C27H31BrN2O2. The van der Waals surface area contributed by atoms with Gasteiger partial charge in [0.05, 0.1) is 11.6 Å². The zero-order chi connectivity index (χ0) is 22.9. The first-order valence-corrected chi connectivity index (χ1v) is 12.0. The van der Waals surface area contributed by atoms with Gasteiger partial charge in [0, 0.05) is 36.1 Å². The number of benzene rings is 2. The third kappa shape index (κ3) is 4.84. The number of rotatable bonds is 4. The highest BCUT2D eigenvalue weighted by Crippen LogP contribution is 2.31. The normalized spacial score (nSPS) is 16.2. The molecule has 5 heteroatoms. The lowest BCUT2D eigenvalue weighted by molar-refractivity contribution is 0.0595. The van der Waals surface area contributed by atoms with Gasteiger partial charge in [-0.05, 0) is 36.2 Å². The van der Waals surface area contributed by atoms with Crippen LogP contribution in [0.4, 0.5) is 0 Å². The van der Waals surface area contributed by atoms with Gasteiger partial charge >= 0.3 is 0 Å². The van der Waals surface area contributed by atoms with Crippen molar-refractivity contribution in [2.24, 2.45) is 0 Å². The second kappa shape index (κ2) is 9.24. The van der Waals surface area contributed by atoms with E-state index in [1.807, 2.05) is 17.9 Å². The largest absolute Gasteiger partial charge is 0.465 e. The van der Waals surface area contributed by atoms with E-state index in [2.05, 4.69) is 96.2 Å². The molecule has 0 N–H and O–H groups in total. The Balaban J connectivity index is 1.52. The molecule has 1 saturated heterocycles. The number of carbonyl (C=O) groups excluding carboxylic acids is 1. The third-order valence-corrected chi connectivity index (χ3v) is 6.68. The first-order valence-electron chi connectivity index (χ1n) is 11.2. The number of nitrogens with zero attached hydrogens (tertiary/aromatic N) is 2. The van der Waals surface area contributed by atoms with E-state index in [4.69, 9.17) is 4.42 Å². The Morgan fingerprint density at radius 3 is 2.09 bits per heavy atom. The second-order valence-electron chi connectivity index (χ2n) is 9.52. The maximum atomic E-state index is 13.3. The summed E-state index contributed by atoms with van der Waals surface area (Å²) in [5, 5.41) is 0. The topological polar surface area (TPSA) is 36.7 Å². The van der Waals surface area contributed by atoms with E-state index in [-0.39, 0.29) is 17.4 Å². The Labute approximate surface area is 199 Å². The summed E-state index contributed by atoms with van der Waals surface area (Å²) in [6.07, 6.45) is 0. The van der Waals surface area contributed by atoms with Crippen molar-refractivity contribution in [1.82, 2.24) is 9.80 Å². The minimum Gasteiger partial charge on any atom is -0.465 e. The molecule has 0 saturated carbocycles. The Bertz CT molecular complexity index is 1060. The number of carbonyl (C=O) groups is 1. The number of aryl methyl sites for hydroxylation is 1. The Hall–Kier alpha value is -2.37. The molecule has 1 aromatic heterocycles. The van der Waals surface area contributed by atoms with E-state index >= 15 is 0 Å². The van der Waals surface area contributed by atoms with Crippen LogP contribution in [0, 0.1) is 6.92 Å². The maximum absolute atomic E-state index is 13.3. The van der Waals surface area contributed by atoms with E-state index in [1.54, 1.807) is 0 Å². The Morgan fingerprint density at radius 1 is 0.938 bits per heavy atom. The molecular weight excluding hydrogens is 464 g/mol. The molecule has 2 heterocycles. The summed E-state index contributed by atoms with van der Waals surface area (Å²) in [6, 6.07) is 21.3. The molecule has 1 atom stereocenters. The van der Waals surface area contributed by atoms with Gasteiger partial charge in [-0.1, -0.05) is 79.2 Å². The summed E-state index contributed by atoms with van der Waals surface area (Å²) in [5.41, 5.74) is 3.11. The number of amides is 1. The van der Waals surface area contributed by atoms with Crippen molar-refractivity contribution < 1.29 is 9.21 Å². The highest BCUT2D eigenvalue weighted by Gasteiger charge is 2.31. The molecule has 1 fully saturated rings. The van der Waals surface area contributed by atoms with Crippen molar-refractivity contribution >= 4 is 21.8 Å². The average Bonchev–Trinajstić information content (AvgIpc) is 3.18. The van der Waals surface area contributed by atoms with E-state index in [0.29, 0.717) is 24.4 Å². The molecule has 1 unspecified atom stereocenters. The van der Waals surface area contributed by atoms with Gasteiger partial charge in [-0.25, -0.2) is 0 Å². The van der Waals surface area contributed by atoms with Gasteiger partial charge < -0.3 is 9.32 Å². The zero-order valence-electron chi connectivity index (χ0n) is 19.3. The summed E-state index contributed by atoms with van der Waals surface area (Å²) >= 11 is 3.55. The minimum atomic E-state index is -0.116. The van der Waals surface area contributed by atoms with Gasteiger partial charge in [-0.2, -0.15) is 0 Å². The zero-order valence-corrected chi connectivity index (χ0v) is 20.9. The average molecular weight is 495 g/mol. The second-order valence-corrected chi connectivity index (χ2v) is 10.4. The van der Waals surface area contributed by atoms with Crippen molar-refractivity contribution in [1.29, 1.82) is 0 Å². The molecule has 32 heavy (non-hydrogen) atoms. The van der Waals surface area contributed by atoms with Crippen LogP contribution in [0.15, 0.2) is 69.6 Å².